The van der Waals surface area contributed by atoms with E-state index in [9.17, 15) is 24.9 Å². The van der Waals surface area contributed by atoms with E-state index in [0.29, 0.717) is 18.3 Å². The van der Waals surface area contributed by atoms with E-state index in [1.807, 2.05) is 6.92 Å². The maximum Gasteiger partial charge on any atom is 0.331 e. The van der Waals surface area contributed by atoms with Crippen molar-refractivity contribution in [3.05, 3.63) is 47.6 Å². The second kappa shape index (κ2) is 10.7. The van der Waals surface area contributed by atoms with Crippen LogP contribution in [0.5, 0.6) is 5.75 Å². The Labute approximate surface area is 269 Å². The summed E-state index contributed by atoms with van der Waals surface area (Å²) in [4.78, 5) is 25.4. The molecule has 3 N–H and O–H groups in total. The summed E-state index contributed by atoms with van der Waals surface area (Å²) in [6.07, 6.45) is 12.8. The van der Waals surface area contributed by atoms with Crippen LogP contribution in [-0.2, 0) is 14.3 Å². The Morgan fingerprint density at radius 2 is 1.62 bits per heavy atom. The number of ether oxygens (including phenoxy) is 1. The summed E-state index contributed by atoms with van der Waals surface area (Å²) in [7, 11) is 0. The first-order valence-corrected chi connectivity index (χ1v) is 17.3. The van der Waals surface area contributed by atoms with Gasteiger partial charge in [0.1, 0.15) is 11.9 Å². The molecule has 0 aromatic heterocycles. The van der Waals surface area contributed by atoms with Gasteiger partial charge in [-0.05, 0) is 128 Å². The van der Waals surface area contributed by atoms with Gasteiger partial charge in [-0.25, -0.2) is 4.79 Å². The number of aliphatic carboxylic acids is 1. The molecular weight excluding hydrogens is 564 g/mol. The predicted octanol–water partition coefficient (Wildman–Crippen LogP) is 8.03. The zero-order valence-electron chi connectivity index (χ0n) is 28.3. The van der Waals surface area contributed by atoms with Crippen LogP contribution in [0.2, 0.25) is 0 Å². The molecule has 0 amide bonds. The topological polar surface area (TPSA) is 104 Å². The van der Waals surface area contributed by atoms with Crippen molar-refractivity contribution in [1.82, 2.24) is 0 Å². The fourth-order valence-electron chi connectivity index (χ4n) is 12.0. The highest BCUT2D eigenvalue weighted by Crippen LogP contribution is 2.75. The minimum absolute atomic E-state index is 0.0169. The van der Waals surface area contributed by atoms with Gasteiger partial charge in [-0.15, -0.1) is 0 Å². The van der Waals surface area contributed by atoms with Gasteiger partial charge in [0.25, 0.3) is 0 Å². The van der Waals surface area contributed by atoms with Crippen LogP contribution in [0.25, 0.3) is 6.08 Å². The third-order valence-corrected chi connectivity index (χ3v) is 14.8. The van der Waals surface area contributed by atoms with Gasteiger partial charge in [0, 0.05) is 11.5 Å². The number of carbonyl (C=O) groups is 2. The van der Waals surface area contributed by atoms with Crippen LogP contribution in [0.15, 0.2) is 42.0 Å². The van der Waals surface area contributed by atoms with Crippen molar-refractivity contribution in [2.75, 3.05) is 0 Å². The quantitative estimate of drug-likeness (QED) is 0.179. The van der Waals surface area contributed by atoms with Gasteiger partial charge in [-0.3, -0.25) is 4.79 Å². The van der Waals surface area contributed by atoms with Crippen molar-refractivity contribution in [2.45, 2.75) is 112 Å². The van der Waals surface area contributed by atoms with Gasteiger partial charge in [0.2, 0.25) is 0 Å². The van der Waals surface area contributed by atoms with E-state index >= 15 is 0 Å². The molecule has 0 spiro atoms. The lowest BCUT2D eigenvalue weighted by Gasteiger charge is -2.71. The number of benzene rings is 1. The van der Waals surface area contributed by atoms with E-state index in [1.54, 1.807) is 30.3 Å². The van der Waals surface area contributed by atoms with Crippen LogP contribution in [0, 0.1) is 57.2 Å². The minimum Gasteiger partial charge on any atom is -0.508 e. The fraction of sp³-hybridized carbons (Fsp3) is 0.692. The van der Waals surface area contributed by atoms with Crippen LogP contribution >= 0.6 is 0 Å². The molecule has 6 heteroatoms. The van der Waals surface area contributed by atoms with Gasteiger partial charge < -0.3 is 20.1 Å². The monoisotopic (exact) mass is 618 g/mol. The molecule has 0 radical (unpaired) electrons. The Kier molecular flexibility index (Phi) is 7.70. The molecule has 45 heavy (non-hydrogen) atoms. The Morgan fingerprint density at radius 1 is 0.933 bits per heavy atom. The number of aromatic hydroxyl groups is 1. The number of rotatable bonds is 4. The number of allylic oxidation sites excluding steroid dienone is 2. The lowest BCUT2D eigenvalue weighted by molar-refractivity contribution is -0.212. The summed E-state index contributed by atoms with van der Waals surface area (Å²) in [6, 6.07) is 6.75. The number of aliphatic hydroxyl groups is 1. The number of carbonyl (C=O) groups excluding carboxylic acids is 1. The molecule has 0 aliphatic heterocycles. The Balaban J connectivity index is 1.26. The highest BCUT2D eigenvalue weighted by molar-refractivity contribution is 5.87. The van der Waals surface area contributed by atoms with Crippen molar-refractivity contribution < 1.29 is 29.6 Å². The summed E-state index contributed by atoms with van der Waals surface area (Å²) < 4.78 is 6.17. The van der Waals surface area contributed by atoms with E-state index in [0.717, 1.165) is 50.5 Å². The van der Waals surface area contributed by atoms with Gasteiger partial charge in [-0.1, -0.05) is 65.3 Å². The third-order valence-electron chi connectivity index (χ3n) is 14.8. The highest BCUT2D eigenvalue weighted by Gasteiger charge is 2.68. The zero-order chi connectivity index (χ0) is 32.7. The number of carboxylic acids is 1. The standard InChI is InChI=1S/C39H54O6/c1-23-33-26(27(34(42)43)22-39(23,7)44)16-20-37(5)28(33)13-14-30-36(4)19-18-31(35(2,3)29(36)17-21-38(30,37)6)45-32(41)15-10-24-8-11-25(40)12-9-24/h8-13,15,23,26-27,29-31,33,40,44H,14,16-22H2,1-7H3,(H,42,43)/b15-10-/t23-,26-,27-,29-,30-,31+,33-,36+,37-,38-,39+/m1/s1. The van der Waals surface area contributed by atoms with Crippen molar-refractivity contribution in [3.8, 4) is 5.75 Å². The molecule has 0 saturated heterocycles. The number of carboxylic acid groups (broad SMARTS) is 1. The van der Waals surface area contributed by atoms with Crippen LogP contribution < -0.4 is 0 Å². The number of phenolic OH excluding ortho intramolecular Hbond substituents is 1. The average molecular weight is 619 g/mol. The lowest BCUT2D eigenvalue weighted by atomic mass is 9.34. The molecule has 4 saturated carbocycles. The maximum absolute atomic E-state index is 13.0. The molecule has 6 rings (SSSR count). The molecule has 4 fully saturated rings. The second-order valence-electron chi connectivity index (χ2n) is 17.0. The number of hydrogen-bond donors (Lipinski definition) is 3. The highest BCUT2D eigenvalue weighted by atomic mass is 16.5. The molecule has 1 aromatic rings. The predicted molar refractivity (Wildman–Crippen MR) is 175 cm³/mol. The summed E-state index contributed by atoms with van der Waals surface area (Å²) in [6.45, 7) is 16.1. The first kappa shape index (κ1) is 32.3. The molecule has 0 heterocycles. The van der Waals surface area contributed by atoms with Crippen LogP contribution in [-0.4, -0.2) is 39.0 Å². The largest absolute Gasteiger partial charge is 0.508 e. The second-order valence-corrected chi connectivity index (χ2v) is 17.0. The van der Waals surface area contributed by atoms with Crippen molar-refractivity contribution in [2.24, 2.45) is 57.2 Å². The van der Waals surface area contributed by atoms with Crippen molar-refractivity contribution in [1.29, 1.82) is 0 Å². The zero-order valence-corrected chi connectivity index (χ0v) is 28.3. The van der Waals surface area contributed by atoms with E-state index in [-0.39, 0.29) is 57.2 Å². The normalized spacial score (nSPS) is 45.3. The lowest BCUT2D eigenvalue weighted by Crippen LogP contribution is -2.65. The minimum atomic E-state index is -0.996. The van der Waals surface area contributed by atoms with Crippen molar-refractivity contribution in [3.63, 3.8) is 0 Å². The SMILES string of the molecule is C[C@@H]1[C@H]2C3=CC[C@@H]4[C@@]5(C)CC[C@H](OC(=O)/C=C\c6ccc(O)cc6)C(C)(C)[C@H]5CC[C@@]4(C)[C@]3(C)CC[C@@H]2[C@H](C(=O)O)C[C@]1(C)O. The summed E-state index contributed by atoms with van der Waals surface area (Å²) in [5.74, 6) is -0.301. The Morgan fingerprint density at radius 3 is 2.29 bits per heavy atom. The number of phenols is 1. The Bertz CT molecular complexity index is 1400. The Hall–Kier alpha value is -2.60. The smallest absolute Gasteiger partial charge is 0.331 e. The van der Waals surface area contributed by atoms with Crippen LogP contribution in [0.4, 0.5) is 0 Å². The average Bonchev–Trinajstić information content (AvgIpc) is 2.96. The third kappa shape index (κ3) is 4.83. The van der Waals surface area contributed by atoms with Crippen LogP contribution in [0.3, 0.4) is 0 Å². The molecule has 0 bridgehead atoms. The van der Waals surface area contributed by atoms with E-state index in [2.05, 4.69) is 47.6 Å². The molecule has 5 aliphatic carbocycles. The van der Waals surface area contributed by atoms with Gasteiger partial charge in [0.05, 0.1) is 11.5 Å². The van der Waals surface area contributed by atoms with Crippen molar-refractivity contribution >= 4 is 18.0 Å². The van der Waals surface area contributed by atoms with E-state index in [4.69, 9.17) is 4.74 Å². The first-order chi connectivity index (χ1) is 21.0. The number of fused-ring (bicyclic) bond motifs is 7. The molecular formula is C39H54O6. The van der Waals surface area contributed by atoms with Crippen LogP contribution in [0.1, 0.15) is 105 Å². The molecule has 1 aromatic carbocycles. The molecule has 5 aliphatic rings. The van der Waals surface area contributed by atoms with E-state index in [1.165, 1.54) is 11.6 Å². The molecule has 246 valence electrons. The maximum atomic E-state index is 13.0. The summed E-state index contributed by atoms with van der Waals surface area (Å²) in [5.41, 5.74) is 1.22. The number of esters is 1. The van der Waals surface area contributed by atoms with Gasteiger partial charge >= 0.3 is 11.9 Å². The van der Waals surface area contributed by atoms with E-state index < -0.39 is 17.5 Å². The summed E-state index contributed by atoms with van der Waals surface area (Å²) >= 11 is 0. The first-order valence-electron chi connectivity index (χ1n) is 17.3. The summed E-state index contributed by atoms with van der Waals surface area (Å²) in [5, 5.41) is 31.2. The molecule has 6 nitrogen and oxygen atoms in total. The molecule has 11 atom stereocenters. The number of hydrogen-bond acceptors (Lipinski definition) is 5. The van der Waals surface area contributed by atoms with Gasteiger partial charge in [-0.2, -0.15) is 0 Å². The molecule has 0 unspecified atom stereocenters. The fourth-order valence-corrected chi connectivity index (χ4v) is 12.0. The van der Waals surface area contributed by atoms with Gasteiger partial charge in [0.15, 0.2) is 0 Å².